The van der Waals surface area contributed by atoms with Gasteiger partial charge in [-0.05, 0) is 30.5 Å². The third kappa shape index (κ3) is 4.22. The van der Waals surface area contributed by atoms with Crippen molar-refractivity contribution in [1.82, 2.24) is 0 Å². The van der Waals surface area contributed by atoms with Gasteiger partial charge < -0.3 is 0 Å². The van der Waals surface area contributed by atoms with Crippen LogP contribution in [0.5, 0.6) is 0 Å². The van der Waals surface area contributed by atoms with Gasteiger partial charge in [-0.2, -0.15) is 8.42 Å². The highest BCUT2D eigenvalue weighted by Crippen LogP contribution is 2.15. The van der Waals surface area contributed by atoms with Crippen LogP contribution in [0.15, 0.2) is 24.3 Å². The van der Waals surface area contributed by atoms with E-state index in [4.69, 9.17) is 11.0 Å². The normalized spacial score (nSPS) is 13.0. The first-order valence-corrected chi connectivity index (χ1v) is 6.99. The lowest BCUT2D eigenvalue weighted by Gasteiger charge is -2.12. The Labute approximate surface area is 103 Å². The molecule has 4 heteroatoms. The van der Waals surface area contributed by atoms with Crippen LogP contribution >= 0.6 is 0 Å². The lowest BCUT2D eigenvalue weighted by atomic mass is 10.1. The van der Waals surface area contributed by atoms with E-state index >= 15 is 0 Å². The first kappa shape index (κ1) is 13.8. The molecule has 17 heavy (non-hydrogen) atoms. The summed E-state index contributed by atoms with van der Waals surface area (Å²) in [6.07, 6.45) is 6.72. The van der Waals surface area contributed by atoms with E-state index in [2.05, 4.69) is 5.92 Å². The van der Waals surface area contributed by atoms with Gasteiger partial charge in [0.05, 0.1) is 5.25 Å². The third-order valence-electron chi connectivity index (χ3n) is 2.62. The smallest absolute Gasteiger partial charge is 0.268 e. The van der Waals surface area contributed by atoms with E-state index in [1.54, 1.807) is 24.3 Å². The first-order valence-electron chi connectivity index (χ1n) is 5.49. The van der Waals surface area contributed by atoms with Gasteiger partial charge in [-0.3, -0.25) is 4.55 Å². The van der Waals surface area contributed by atoms with Crippen LogP contribution in [0.25, 0.3) is 0 Å². The molecular weight excluding hydrogens is 236 g/mol. The maximum Gasteiger partial charge on any atom is 0.268 e. The highest BCUT2D eigenvalue weighted by molar-refractivity contribution is 7.86. The molecule has 1 N–H and O–H groups in total. The zero-order valence-electron chi connectivity index (χ0n) is 9.76. The fourth-order valence-electron chi connectivity index (χ4n) is 1.68. The second kappa shape index (κ2) is 5.85. The summed E-state index contributed by atoms with van der Waals surface area (Å²) < 4.78 is 31.5. The highest BCUT2D eigenvalue weighted by Gasteiger charge is 2.22. The van der Waals surface area contributed by atoms with E-state index < -0.39 is 15.4 Å². The zero-order chi connectivity index (χ0) is 12.9. The minimum absolute atomic E-state index is 0.317. The minimum Gasteiger partial charge on any atom is -0.285 e. The van der Waals surface area contributed by atoms with E-state index in [9.17, 15) is 8.42 Å². The molecule has 1 aromatic carbocycles. The summed E-state index contributed by atoms with van der Waals surface area (Å²) in [7, 11) is -3.98. The molecule has 0 saturated carbocycles. The molecular formula is C13H16O3S. The maximum atomic E-state index is 11.2. The largest absolute Gasteiger partial charge is 0.285 e. The standard InChI is InChI=1S/C13H16O3S/c1-3-5-13(17(14,15)16)10-12-8-6-11(4-2)7-9-12/h2,6-9,13H,3,5,10H2,1H3,(H,14,15,16). The van der Waals surface area contributed by atoms with Crippen molar-refractivity contribution in [2.24, 2.45) is 0 Å². The van der Waals surface area contributed by atoms with Crippen molar-refractivity contribution in [3.63, 3.8) is 0 Å². The Balaban J connectivity index is 2.83. The third-order valence-corrected chi connectivity index (χ3v) is 3.86. The quantitative estimate of drug-likeness (QED) is 0.646. The van der Waals surface area contributed by atoms with Crippen molar-refractivity contribution in [2.45, 2.75) is 31.4 Å². The summed E-state index contributed by atoms with van der Waals surface area (Å²) in [5.41, 5.74) is 1.62. The second-order valence-corrected chi connectivity index (χ2v) is 5.67. The Morgan fingerprint density at radius 3 is 2.35 bits per heavy atom. The van der Waals surface area contributed by atoms with Crippen molar-refractivity contribution >= 4 is 10.1 Å². The average Bonchev–Trinajstić information content (AvgIpc) is 2.28. The predicted molar refractivity (Wildman–Crippen MR) is 68.3 cm³/mol. The average molecular weight is 252 g/mol. The molecule has 0 radical (unpaired) electrons. The monoisotopic (exact) mass is 252 g/mol. The van der Waals surface area contributed by atoms with E-state index in [-0.39, 0.29) is 0 Å². The Hall–Kier alpha value is -1.31. The molecule has 0 amide bonds. The fourth-order valence-corrected chi connectivity index (χ4v) is 2.61. The minimum atomic E-state index is -3.98. The Kier molecular flexibility index (Phi) is 4.73. The van der Waals surface area contributed by atoms with Gasteiger partial charge >= 0.3 is 0 Å². The van der Waals surface area contributed by atoms with E-state index in [1.807, 2.05) is 6.92 Å². The molecule has 3 nitrogen and oxygen atoms in total. The lowest BCUT2D eigenvalue weighted by Crippen LogP contribution is -2.22. The molecule has 0 aliphatic carbocycles. The molecule has 0 aliphatic heterocycles. The van der Waals surface area contributed by atoms with Crippen LogP contribution in [0, 0.1) is 12.3 Å². The molecule has 0 fully saturated rings. The van der Waals surface area contributed by atoms with Crippen molar-refractivity contribution < 1.29 is 13.0 Å². The number of rotatable bonds is 5. The van der Waals surface area contributed by atoms with Gasteiger partial charge in [0.25, 0.3) is 10.1 Å². The highest BCUT2D eigenvalue weighted by atomic mass is 32.2. The Bertz CT molecular complexity index is 494. The molecule has 0 aromatic heterocycles. The van der Waals surface area contributed by atoms with Crippen LogP contribution in [0.4, 0.5) is 0 Å². The molecule has 0 heterocycles. The molecule has 0 bridgehead atoms. The molecule has 1 unspecified atom stereocenters. The molecule has 0 saturated heterocycles. The first-order chi connectivity index (χ1) is 7.97. The van der Waals surface area contributed by atoms with Gasteiger partial charge in [-0.1, -0.05) is 31.4 Å². The zero-order valence-corrected chi connectivity index (χ0v) is 10.6. The fraction of sp³-hybridized carbons (Fsp3) is 0.385. The van der Waals surface area contributed by atoms with Gasteiger partial charge in [0.1, 0.15) is 0 Å². The summed E-state index contributed by atoms with van der Waals surface area (Å²) >= 11 is 0. The van der Waals surface area contributed by atoms with Gasteiger partial charge in [0, 0.05) is 5.56 Å². The maximum absolute atomic E-state index is 11.2. The van der Waals surface area contributed by atoms with Crippen LogP contribution in [-0.4, -0.2) is 18.2 Å². The van der Waals surface area contributed by atoms with E-state index in [0.29, 0.717) is 19.3 Å². The van der Waals surface area contributed by atoms with Gasteiger partial charge in [-0.25, -0.2) is 0 Å². The summed E-state index contributed by atoms with van der Waals surface area (Å²) in [4.78, 5) is 0. The number of hydrogen-bond donors (Lipinski definition) is 1. The van der Waals surface area contributed by atoms with Crippen LogP contribution in [-0.2, 0) is 16.5 Å². The topological polar surface area (TPSA) is 54.4 Å². The summed E-state index contributed by atoms with van der Waals surface area (Å²) in [5, 5.41) is -0.732. The molecule has 1 rings (SSSR count). The molecule has 1 aromatic rings. The number of terminal acetylenes is 1. The summed E-state index contributed by atoms with van der Waals surface area (Å²) in [5.74, 6) is 2.50. The van der Waals surface area contributed by atoms with Crippen molar-refractivity contribution in [2.75, 3.05) is 0 Å². The second-order valence-electron chi connectivity index (χ2n) is 3.97. The van der Waals surface area contributed by atoms with Crippen molar-refractivity contribution in [3.05, 3.63) is 35.4 Å². The predicted octanol–water partition coefficient (Wildman–Crippen LogP) is 2.27. The van der Waals surface area contributed by atoms with Crippen molar-refractivity contribution in [1.29, 1.82) is 0 Å². The Morgan fingerprint density at radius 1 is 1.35 bits per heavy atom. The molecule has 1 atom stereocenters. The Morgan fingerprint density at radius 2 is 1.94 bits per heavy atom. The molecule has 92 valence electrons. The summed E-state index contributed by atoms with van der Waals surface area (Å²) in [6.45, 7) is 1.89. The van der Waals surface area contributed by atoms with Crippen LogP contribution in [0.2, 0.25) is 0 Å². The van der Waals surface area contributed by atoms with Gasteiger partial charge in [0.2, 0.25) is 0 Å². The van der Waals surface area contributed by atoms with Gasteiger partial charge in [-0.15, -0.1) is 6.42 Å². The molecule has 0 spiro atoms. The van der Waals surface area contributed by atoms with Crippen LogP contribution in [0.1, 0.15) is 30.9 Å². The van der Waals surface area contributed by atoms with E-state index in [1.165, 1.54) is 0 Å². The van der Waals surface area contributed by atoms with Gasteiger partial charge in [0.15, 0.2) is 0 Å². The van der Waals surface area contributed by atoms with Crippen molar-refractivity contribution in [3.8, 4) is 12.3 Å². The summed E-state index contributed by atoms with van der Waals surface area (Å²) in [6, 6.07) is 7.12. The lowest BCUT2D eigenvalue weighted by molar-refractivity contribution is 0.459. The van der Waals surface area contributed by atoms with E-state index in [0.717, 1.165) is 11.1 Å². The molecule has 0 aliphatic rings. The SMILES string of the molecule is C#Cc1ccc(CC(CCC)S(=O)(=O)O)cc1. The number of benzene rings is 1. The number of hydrogen-bond acceptors (Lipinski definition) is 2. The van der Waals surface area contributed by atoms with Crippen LogP contribution < -0.4 is 0 Å². The van der Waals surface area contributed by atoms with Crippen LogP contribution in [0.3, 0.4) is 0 Å².